The number of phosphoric acid groups is 1. The molecule has 4 N–H and O–H groups in total. The standard InChI is InChI=1S/C50H90NO11P/c1-3-5-7-8-9-10-11-12-13-14-15-16-17-18-19-20-21-26-29-32-36-40-49(53)61-44(42-59-63(56,57)60-43-45(51)50(54)55)41-58-48(52)39-35-31-28-25-23-22-24-27-30-34-38-47-46(62-47)37-33-6-4-2/h22,24-25,28,30,34,44-47H,3-21,23,26-27,29,31-33,35-43,51H2,1-2H3,(H,54,55)(H,56,57)/b24-22-,28-25-,34-30-/t44-,45+,46?,47?/m1/s1. The highest BCUT2D eigenvalue weighted by Crippen LogP contribution is 2.43. The van der Waals surface area contributed by atoms with E-state index in [1.807, 2.05) is 6.08 Å². The Morgan fingerprint density at radius 2 is 1.05 bits per heavy atom. The Morgan fingerprint density at radius 1 is 0.587 bits per heavy atom. The molecular formula is C50H90NO11P. The lowest BCUT2D eigenvalue weighted by molar-refractivity contribution is -0.161. The SMILES string of the molecule is CCCCCCCCCCCCCCCCCCCCCCCC(=O)O[C@H](COC(=O)CCC/C=C\C/C=C\C/C=C\CC1OC1CCCCC)COP(=O)(O)OC[C@H](N)C(=O)O. The minimum atomic E-state index is -4.73. The van der Waals surface area contributed by atoms with Gasteiger partial charge in [-0.15, -0.1) is 0 Å². The third-order valence-electron chi connectivity index (χ3n) is 11.3. The highest BCUT2D eigenvalue weighted by atomic mass is 31.2. The molecule has 0 amide bonds. The molecule has 0 spiro atoms. The van der Waals surface area contributed by atoms with E-state index in [4.69, 9.17) is 29.6 Å². The highest BCUT2D eigenvalue weighted by molar-refractivity contribution is 7.47. The van der Waals surface area contributed by atoms with Crippen LogP contribution in [0.1, 0.15) is 219 Å². The third-order valence-corrected chi connectivity index (χ3v) is 12.3. The minimum absolute atomic E-state index is 0.144. The lowest BCUT2D eigenvalue weighted by atomic mass is 10.0. The van der Waals surface area contributed by atoms with Crippen molar-refractivity contribution in [2.75, 3.05) is 19.8 Å². The van der Waals surface area contributed by atoms with E-state index in [-0.39, 0.29) is 19.4 Å². The van der Waals surface area contributed by atoms with E-state index in [9.17, 15) is 23.8 Å². The van der Waals surface area contributed by atoms with Crippen LogP contribution in [0, 0.1) is 0 Å². The molecule has 0 radical (unpaired) electrons. The van der Waals surface area contributed by atoms with Crippen molar-refractivity contribution in [3.63, 3.8) is 0 Å². The number of carbonyl (C=O) groups excluding carboxylic acids is 2. The highest BCUT2D eigenvalue weighted by Gasteiger charge is 2.36. The molecule has 1 saturated heterocycles. The summed E-state index contributed by atoms with van der Waals surface area (Å²) in [5.41, 5.74) is 5.35. The fourth-order valence-corrected chi connectivity index (χ4v) is 8.05. The number of carboxylic acid groups (broad SMARTS) is 1. The molecule has 366 valence electrons. The third kappa shape index (κ3) is 38.6. The smallest absolute Gasteiger partial charge is 0.472 e. The Balaban J connectivity index is 2.23. The first-order chi connectivity index (χ1) is 30.6. The van der Waals surface area contributed by atoms with Gasteiger partial charge < -0.3 is 29.9 Å². The number of allylic oxidation sites excluding steroid dienone is 5. The zero-order chi connectivity index (χ0) is 46.1. The molecular weight excluding hydrogens is 822 g/mol. The molecule has 63 heavy (non-hydrogen) atoms. The number of unbranched alkanes of at least 4 members (excludes halogenated alkanes) is 23. The zero-order valence-corrected chi connectivity index (χ0v) is 40.5. The van der Waals surface area contributed by atoms with Crippen LogP contribution in [0.3, 0.4) is 0 Å². The van der Waals surface area contributed by atoms with Crippen molar-refractivity contribution in [2.24, 2.45) is 5.73 Å². The Hall–Kier alpha value is -2.34. The summed E-state index contributed by atoms with van der Waals surface area (Å²) in [6.07, 6.45) is 48.2. The molecule has 1 rings (SSSR count). The molecule has 1 aliphatic rings. The second kappa shape index (κ2) is 41.1. The van der Waals surface area contributed by atoms with Gasteiger partial charge in [0.05, 0.1) is 25.4 Å². The number of carboxylic acids is 1. The second-order valence-corrected chi connectivity index (χ2v) is 18.8. The van der Waals surface area contributed by atoms with E-state index < -0.39 is 51.1 Å². The van der Waals surface area contributed by atoms with Gasteiger partial charge in [0.25, 0.3) is 0 Å². The largest absolute Gasteiger partial charge is 0.480 e. The molecule has 3 unspecified atom stereocenters. The van der Waals surface area contributed by atoms with Gasteiger partial charge in [0.1, 0.15) is 12.6 Å². The first-order valence-corrected chi connectivity index (χ1v) is 26.6. The molecule has 1 heterocycles. The van der Waals surface area contributed by atoms with Crippen LogP contribution in [-0.4, -0.2) is 72.1 Å². The molecule has 0 aromatic rings. The van der Waals surface area contributed by atoms with Crippen LogP contribution >= 0.6 is 7.82 Å². The predicted molar refractivity (Wildman–Crippen MR) is 253 cm³/mol. The van der Waals surface area contributed by atoms with Gasteiger partial charge >= 0.3 is 25.7 Å². The van der Waals surface area contributed by atoms with Crippen molar-refractivity contribution >= 4 is 25.7 Å². The Kier molecular flexibility index (Phi) is 38.3. The van der Waals surface area contributed by atoms with Crippen LogP contribution in [0.5, 0.6) is 0 Å². The number of carbonyl (C=O) groups is 3. The number of nitrogens with two attached hydrogens (primary N) is 1. The molecule has 0 saturated carbocycles. The lowest BCUT2D eigenvalue weighted by Gasteiger charge is -2.20. The van der Waals surface area contributed by atoms with Gasteiger partial charge in [-0.05, 0) is 44.9 Å². The molecule has 13 heteroatoms. The predicted octanol–water partition coefficient (Wildman–Crippen LogP) is 12.9. The number of aliphatic carboxylic acids is 1. The molecule has 1 aliphatic heterocycles. The molecule has 0 bridgehead atoms. The molecule has 0 aromatic carbocycles. The van der Waals surface area contributed by atoms with Gasteiger partial charge in [0.2, 0.25) is 0 Å². The van der Waals surface area contributed by atoms with E-state index >= 15 is 0 Å². The molecule has 12 nitrogen and oxygen atoms in total. The zero-order valence-electron chi connectivity index (χ0n) is 39.6. The molecule has 1 fully saturated rings. The van der Waals surface area contributed by atoms with Crippen LogP contribution in [0.25, 0.3) is 0 Å². The van der Waals surface area contributed by atoms with Crippen molar-refractivity contribution in [3.8, 4) is 0 Å². The summed E-state index contributed by atoms with van der Waals surface area (Å²) in [4.78, 5) is 46.1. The van der Waals surface area contributed by atoms with E-state index in [1.165, 1.54) is 135 Å². The first kappa shape index (κ1) is 58.7. The van der Waals surface area contributed by atoms with Gasteiger partial charge in [-0.25, -0.2) is 4.57 Å². The average molecular weight is 912 g/mol. The van der Waals surface area contributed by atoms with Gasteiger partial charge in [0, 0.05) is 12.8 Å². The summed E-state index contributed by atoms with van der Waals surface area (Å²) in [7, 11) is -4.73. The Morgan fingerprint density at radius 3 is 1.59 bits per heavy atom. The van der Waals surface area contributed by atoms with E-state index in [2.05, 4.69) is 48.8 Å². The second-order valence-electron chi connectivity index (χ2n) is 17.3. The normalized spacial score (nSPS) is 17.1. The van der Waals surface area contributed by atoms with E-state index in [0.717, 1.165) is 38.5 Å². The van der Waals surface area contributed by atoms with Gasteiger partial charge in [-0.1, -0.05) is 198 Å². The fourth-order valence-electron chi connectivity index (χ4n) is 7.27. The Labute approximate surface area is 382 Å². The van der Waals surface area contributed by atoms with Crippen LogP contribution in [-0.2, 0) is 42.2 Å². The van der Waals surface area contributed by atoms with Crippen molar-refractivity contribution in [1.82, 2.24) is 0 Å². The number of epoxide rings is 1. The summed E-state index contributed by atoms with van der Waals surface area (Å²) in [5.74, 6) is -2.44. The quantitative estimate of drug-likeness (QED) is 0.0173. The minimum Gasteiger partial charge on any atom is -0.480 e. The van der Waals surface area contributed by atoms with Gasteiger partial charge in [-0.2, -0.15) is 0 Å². The van der Waals surface area contributed by atoms with Crippen LogP contribution in [0.15, 0.2) is 36.5 Å². The average Bonchev–Trinajstić information content (AvgIpc) is 4.02. The van der Waals surface area contributed by atoms with E-state index in [1.54, 1.807) is 0 Å². The van der Waals surface area contributed by atoms with Crippen LogP contribution < -0.4 is 5.73 Å². The summed E-state index contributed by atoms with van der Waals surface area (Å²) >= 11 is 0. The van der Waals surface area contributed by atoms with Crippen molar-refractivity contribution in [3.05, 3.63) is 36.5 Å². The number of hydrogen-bond acceptors (Lipinski definition) is 10. The van der Waals surface area contributed by atoms with Crippen molar-refractivity contribution in [1.29, 1.82) is 0 Å². The van der Waals surface area contributed by atoms with Gasteiger partial charge in [0.15, 0.2) is 6.10 Å². The number of esters is 2. The number of ether oxygens (including phenoxy) is 3. The topological polar surface area (TPSA) is 184 Å². The van der Waals surface area contributed by atoms with Gasteiger partial charge in [-0.3, -0.25) is 23.4 Å². The summed E-state index contributed by atoms with van der Waals surface area (Å²) in [6.45, 7) is 2.75. The maximum absolute atomic E-state index is 12.7. The molecule has 0 aromatic heterocycles. The van der Waals surface area contributed by atoms with Crippen LogP contribution in [0.4, 0.5) is 0 Å². The van der Waals surface area contributed by atoms with Crippen molar-refractivity contribution in [2.45, 2.75) is 244 Å². The summed E-state index contributed by atoms with van der Waals surface area (Å²) < 4.78 is 38.5. The molecule has 0 aliphatic carbocycles. The number of rotatable bonds is 46. The maximum atomic E-state index is 12.7. The fraction of sp³-hybridized carbons (Fsp3) is 0.820. The molecule has 5 atom stereocenters. The van der Waals surface area contributed by atoms with E-state index in [0.29, 0.717) is 31.5 Å². The monoisotopic (exact) mass is 912 g/mol. The van der Waals surface area contributed by atoms with Crippen molar-refractivity contribution < 1.29 is 52.2 Å². The summed E-state index contributed by atoms with van der Waals surface area (Å²) in [5, 5.41) is 8.92. The first-order valence-electron chi connectivity index (χ1n) is 25.1. The number of phosphoric ester groups is 1. The number of hydrogen-bond donors (Lipinski definition) is 3. The lowest BCUT2D eigenvalue weighted by Crippen LogP contribution is -2.34. The maximum Gasteiger partial charge on any atom is 0.472 e. The van der Waals surface area contributed by atoms with Crippen LogP contribution in [0.2, 0.25) is 0 Å². The summed E-state index contributed by atoms with van der Waals surface area (Å²) in [6, 6.07) is -1.53. The Bertz CT molecular complexity index is 1270.